The summed E-state index contributed by atoms with van der Waals surface area (Å²) in [6, 6.07) is 0. The third-order valence-electron chi connectivity index (χ3n) is 2.26. The number of carbonyl (C=O) groups is 1. The number of ether oxygens (including phenoxy) is 1. The smallest absolute Gasteiger partial charge is 0.338 e. The predicted octanol–water partition coefficient (Wildman–Crippen LogP) is -1.19. The zero-order chi connectivity index (χ0) is 13.7. The van der Waals surface area contributed by atoms with Gasteiger partial charge in [0.05, 0.1) is 12.7 Å². The molecule has 0 heterocycles. The Balaban J connectivity index is 4.10. The van der Waals surface area contributed by atoms with Crippen LogP contribution in [-0.2, 0) is 9.53 Å². The van der Waals surface area contributed by atoms with E-state index in [9.17, 15) is 15.0 Å². The molecule has 102 valence electrons. The van der Waals surface area contributed by atoms with Gasteiger partial charge in [-0.15, -0.1) is 0 Å². The molecule has 0 saturated heterocycles. The molecule has 0 fully saturated rings. The Labute approximate surface area is 103 Å². The summed E-state index contributed by atoms with van der Waals surface area (Å²) >= 11 is 0. The quantitative estimate of drug-likeness (QED) is 0.492. The van der Waals surface area contributed by atoms with Gasteiger partial charge in [0.2, 0.25) is 0 Å². The van der Waals surface area contributed by atoms with Crippen molar-refractivity contribution in [3.05, 3.63) is 0 Å². The molecule has 6 heteroatoms. The second kappa shape index (κ2) is 6.30. The first kappa shape index (κ1) is 16.3. The molecule has 0 saturated carbocycles. The van der Waals surface area contributed by atoms with Crippen molar-refractivity contribution in [2.75, 3.05) is 40.8 Å². The number of nitrogens with zero attached hydrogens (tertiary/aromatic N) is 1. The number of carbonyl (C=O) groups excluding carboxylic acids is 1. The molecule has 0 aromatic carbocycles. The first-order chi connectivity index (χ1) is 7.60. The Morgan fingerprint density at radius 2 is 1.82 bits per heavy atom. The molecule has 0 aromatic rings. The van der Waals surface area contributed by atoms with Crippen LogP contribution >= 0.6 is 0 Å². The minimum Gasteiger partial charge on any atom is -0.467 e. The van der Waals surface area contributed by atoms with E-state index in [0.29, 0.717) is 6.54 Å². The van der Waals surface area contributed by atoms with Gasteiger partial charge in [0, 0.05) is 19.6 Å². The number of esters is 1. The lowest BCUT2D eigenvalue weighted by Gasteiger charge is -2.29. The summed E-state index contributed by atoms with van der Waals surface area (Å²) in [4.78, 5) is 13.0. The molecule has 0 spiro atoms. The fraction of sp³-hybridized carbons (Fsp3) is 0.909. The minimum atomic E-state index is -1.58. The minimum absolute atomic E-state index is 0.0310. The summed E-state index contributed by atoms with van der Waals surface area (Å²) in [5.74, 6) is -0.697. The first-order valence-electron chi connectivity index (χ1n) is 5.49. The molecule has 0 aliphatic carbocycles. The highest BCUT2D eigenvalue weighted by Crippen LogP contribution is 2.06. The Kier molecular flexibility index (Phi) is 6.04. The molecular weight excluding hydrogens is 224 g/mol. The molecule has 0 aliphatic rings. The van der Waals surface area contributed by atoms with E-state index in [-0.39, 0.29) is 13.1 Å². The Morgan fingerprint density at radius 1 is 1.29 bits per heavy atom. The van der Waals surface area contributed by atoms with E-state index in [1.165, 1.54) is 14.0 Å². The SMILES string of the molecule is COC(=O)C(C)(O)CNCC(C)(O)CN(C)C. The monoisotopic (exact) mass is 248 g/mol. The summed E-state index contributed by atoms with van der Waals surface area (Å²) in [7, 11) is 4.94. The number of hydrogen-bond donors (Lipinski definition) is 3. The van der Waals surface area contributed by atoms with Gasteiger partial charge < -0.3 is 25.2 Å². The Bertz CT molecular complexity index is 252. The van der Waals surface area contributed by atoms with Crippen molar-refractivity contribution in [1.82, 2.24) is 10.2 Å². The van der Waals surface area contributed by atoms with Crippen molar-refractivity contribution in [1.29, 1.82) is 0 Å². The maximum Gasteiger partial charge on any atom is 0.338 e. The standard InChI is InChI=1S/C11H24N2O4/c1-10(15,8-13(3)4)6-12-7-11(2,16)9(14)17-5/h12,15-16H,6-8H2,1-5H3. The normalized spacial score (nSPS) is 18.6. The highest BCUT2D eigenvalue weighted by atomic mass is 16.5. The van der Waals surface area contributed by atoms with Crippen molar-refractivity contribution in [2.45, 2.75) is 25.0 Å². The molecule has 0 bridgehead atoms. The van der Waals surface area contributed by atoms with Crippen LogP contribution in [0.2, 0.25) is 0 Å². The summed E-state index contributed by atoms with van der Waals surface area (Å²) in [5, 5.41) is 22.6. The molecule has 0 aromatic heterocycles. The van der Waals surface area contributed by atoms with E-state index in [4.69, 9.17) is 0 Å². The van der Waals surface area contributed by atoms with Crippen LogP contribution < -0.4 is 5.32 Å². The second-order valence-electron chi connectivity index (χ2n) is 5.10. The van der Waals surface area contributed by atoms with Crippen molar-refractivity contribution in [3.63, 3.8) is 0 Å². The van der Waals surface area contributed by atoms with Crippen LogP contribution in [0.4, 0.5) is 0 Å². The fourth-order valence-corrected chi connectivity index (χ4v) is 1.60. The van der Waals surface area contributed by atoms with Gasteiger partial charge >= 0.3 is 5.97 Å². The summed E-state index contributed by atoms with van der Waals surface area (Å²) in [6.45, 7) is 3.85. The topological polar surface area (TPSA) is 82.0 Å². The number of methoxy groups -OCH3 is 1. The van der Waals surface area contributed by atoms with Crippen LogP contribution in [0.25, 0.3) is 0 Å². The zero-order valence-corrected chi connectivity index (χ0v) is 11.3. The average molecular weight is 248 g/mol. The lowest BCUT2D eigenvalue weighted by Crippen LogP contribution is -2.51. The zero-order valence-electron chi connectivity index (χ0n) is 11.3. The molecular formula is C11H24N2O4. The number of likely N-dealkylation sites (N-methyl/N-ethyl adjacent to an activating group) is 1. The molecule has 2 atom stereocenters. The first-order valence-corrected chi connectivity index (χ1v) is 5.49. The molecule has 3 N–H and O–H groups in total. The third kappa shape index (κ3) is 6.58. The van der Waals surface area contributed by atoms with Crippen LogP contribution in [0.15, 0.2) is 0 Å². The molecule has 0 radical (unpaired) electrons. The summed E-state index contributed by atoms with van der Waals surface area (Å²) < 4.78 is 4.46. The average Bonchev–Trinajstić information content (AvgIpc) is 2.13. The molecule has 0 aliphatic heterocycles. The second-order valence-corrected chi connectivity index (χ2v) is 5.10. The fourth-order valence-electron chi connectivity index (χ4n) is 1.60. The number of rotatable bonds is 7. The summed E-state index contributed by atoms with van der Waals surface area (Å²) in [5.41, 5.74) is -2.50. The van der Waals surface area contributed by atoms with Gasteiger partial charge in [-0.25, -0.2) is 4.79 Å². The van der Waals surface area contributed by atoms with Crippen molar-refractivity contribution < 1.29 is 19.7 Å². The van der Waals surface area contributed by atoms with E-state index in [1.807, 2.05) is 19.0 Å². The maximum absolute atomic E-state index is 11.2. The van der Waals surface area contributed by atoms with Gasteiger partial charge in [-0.1, -0.05) is 0 Å². The van der Waals surface area contributed by atoms with Gasteiger partial charge in [0.1, 0.15) is 0 Å². The molecule has 17 heavy (non-hydrogen) atoms. The van der Waals surface area contributed by atoms with Crippen molar-refractivity contribution in [2.24, 2.45) is 0 Å². The van der Waals surface area contributed by atoms with Gasteiger partial charge in [0.25, 0.3) is 0 Å². The van der Waals surface area contributed by atoms with Gasteiger partial charge in [-0.3, -0.25) is 0 Å². The predicted molar refractivity (Wildman–Crippen MR) is 64.7 cm³/mol. The lowest BCUT2D eigenvalue weighted by molar-refractivity contribution is -0.160. The van der Waals surface area contributed by atoms with E-state index in [0.717, 1.165) is 0 Å². The van der Waals surface area contributed by atoms with E-state index in [1.54, 1.807) is 6.92 Å². The van der Waals surface area contributed by atoms with Crippen LogP contribution in [-0.4, -0.2) is 73.1 Å². The highest BCUT2D eigenvalue weighted by molar-refractivity contribution is 5.78. The Morgan fingerprint density at radius 3 is 2.24 bits per heavy atom. The van der Waals surface area contributed by atoms with Crippen LogP contribution in [0.3, 0.4) is 0 Å². The van der Waals surface area contributed by atoms with Gasteiger partial charge in [-0.05, 0) is 27.9 Å². The van der Waals surface area contributed by atoms with Crippen LogP contribution in [0, 0.1) is 0 Å². The van der Waals surface area contributed by atoms with E-state index < -0.39 is 17.2 Å². The molecule has 0 rings (SSSR count). The van der Waals surface area contributed by atoms with Crippen LogP contribution in [0.1, 0.15) is 13.8 Å². The van der Waals surface area contributed by atoms with Gasteiger partial charge in [0.15, 0.2) is 5.60 Å². The van der Waals surface area contributed by atoms with E-state index in [2.05, 4.69) is 10.1 Å². The van der Waals surface area contributed by atoms with Crippen LogP contribution in [0.5, 0.6) is 0 Å². The van der Waals surface area contributed by atoms with E-state index >= 15 is 0 Å². The molecule has 2 unspecified atom stereocenters. The lowest BCUT2D eigenvalue weighted by atomic mass is 10.0. The number of aliphatic hydroxyl groups is 2. The van der Waals surface area contributed by atoms with Gasteiger partial charge in [-0.2, -0.15) is 0 Å². The molecule has 0 amide bonds. The van der Waals surface area contributed by atoms with Crippen molar-refractivity contribution >= 4 is 5.97 Å². The molecule has 6 nitrogen and oxygen atoms in total. The Hall–Kier alpha value is -0.690. The highest BCUT2D eigenvalue weighted by Gasteiger charge is 2.32. The summed E-state index contributed by atoms with van der Waals surface area (Å²) in [6.07, 6.45) is 0. The third-order valence-corrected chi connectivity index (χ3v) is 2.26. The number of hydrogen-bond acceptors (Lipinski definition) is 6. The number of nitrogens with one attached hydrogen (secondary N) is 1. The van der Waals surface area contributed by atoms with Crippen molar-refractivity contribution in [3.8, 4) is 0 Å². The maximum atomic E-state index is 11.2. The largest absolute Gasteiger partial charge is 0.467 e.